The highest BCUT2D eigenvalue weighted by atomic mass is 19.4. The number of halogens is 3. The maximum atomic E-state index is 12.8. The van der Waals surface area contributed by atoms with Crippen molar-refractivity contribution in [2.75, 3.05) is 18.0 Å². The number of piperidine rings is 1. The Morgan fingerprint density at radius 3 is 2.34 bits per heavy atom. The molecule has 11 heteroatoms. The number of rotatable bonds is 5. The smallest absolute Gasteiger partial charge is 0.357 e. The average molecular weight is 483 g/mol. The monoisotopic (exact) mass is 483 g/mol. The molecule has 0 aromatic carbocycles. The molecule has 1 saturated heterocycles. The van der Waals surface area contributed by atoms with Gasteiger partial charge >= 0.3 is 6.18 Å². The van der Waals surface area contributed by atoms with Gasteiger partial charge in [-0.05, 0) is 57.4 Å². The number of pyridine rings is 2. The number of aryl methyl sites for hydroxylation is 1. The van der Waals surface area contributed by atoms with Crippen molar-refractivity contribution < 1.29 is 17.7 Å². The Morgan fingerprint density at radius 1 is 0.943 bits per heavy atom. The first-order valence-corrected chi connectivity index (χ1v) is 11.4. The third-order valence-corrected chi connectivity index (χ3v) is 6.22. The van der Waals surface area contributed by atoms with Crippen LogP contribution in [0.5, 0.6) is 0 Å². The van der Waals surface area contributed by atoms with Gasteiger partial charge in [-0.2, -0.15) is 23.3 Å². The summed E-state index contributed by atoms with van der Waals surface area (Å²) < 4.78 is 45.5. The molecule has 5 heterocycles. The fourth-order valence-corrected chi connectivity index (χ4v) is 4.26. The molecule has 0 radical (unpaired) electrons. The van der Waals surface area contributed by atoms with Gasteiger partial charge in [-0.25, -0.2) is 14.6 Å². The molecule has 0 aliphatic carbocycles. The summed E-state index contributed by atoms with van der Waals surface area (Å²) in [6.45, 7) is 5.69. The van der Waals surface area contributed by atoms with E-state index in [9.17, 15) is 13.2 Å². The number of nitrogens with zero attached hydrogens (tertiary/aromatic N) is 7. The Balaban J connectivity index is 1.33. The summed E-state index contributed by atoms with van der Waals surface area (Å²) in [4.78, 5) is 15.3. The lowest BCUT2D eigenvalue weighted by molar-refractivity contribution is -0.137. The van der Waals surface area contributed by atoms with E-state index in [4.69, 9.17) is 4.52 Å². The first-order valence-electron chi connectivity index (χ1n) is 11.4. The second kappa shape index (κ2) is 9.12. The van der Waals surface area contributed by atoms with E-state index in [1.54, 1.807) is 6.20 Å². The molecule has 4 aromatic rings. The van der Waals surface area contributed by atoms with Crippen LogP contribution in [0.3, 0.4) is 0 Å². The van der Waals surface area contributed by atoms with E-state index in [2.05, 4.69) is 30.1 Å². The SMILES string of the molecule is Cc1nn(-c2ccc(C(F)(F)F)cn2)c(C)c1Cc1nc(-c2ccc(N3CCCCC3)nc2)no1. The van der Waals surface area contributed by atoms with Crippen LogP contribution in [0.15, 0.2) is 41.2 Å². The summed E-state index contributed by atoms with van der Waals surface area (Å²) in [5.74, 6) is 2.11. The molecule has 0 N–H and O–H groups in total. The molecule has 182 valence electrons. The fourth-order valence-electron chi connectivity index (χ4n) is 4.26. The largest absolute Gasteiger partial charge is 0.417 e. The van der Waals surface area contributed by atoms with E-state index >= 15 is 0 Å². The summed E-state index contributed by atoms with van der Waals surface area (Å²) in [5, 5.41) is 8.55. The topological polar surface area (TPSA) is 85.8 Å². The molecular weight excluding hydrogens is 459 g/mol. The zero-order valence-corrected chi connectivity index (χ0v) is 19.4. The maximum Gasteiger partial charge on any atom is 0.417 e. The third-order valence-electron chi connectivity index (χ3n) is 6.22. The van der Waals surface area contributed by atoms with Crippen molar-refractivity contribution in [2.24, 2.45) is 0 Å². The Labute approximate surface area is 199 Å². The number of hydrogen-bond acceptors (Lipinski definition) is 7. The molecule has 1 aliphatic heterocycles. The lowest BCUT2D eigenvalue weighted by atomic mass is 10.1. The summed E-state index contributed by atoms with van der Waals surface area (Å²) in [6, 6.07) is 6.22. The summed E-state index contributed by atoms with van der Waals surface area (Å²) in [7, 11) is 0. The van der Waals surface area contributed by atoms with E-state index in [0.29, 0.717) is 29.6 Å². The lowest BCUT2D eigenvalue weighted by Crippen LogP contribution is -2.29. The van der Waals surface area contributed by atoms with Crippen molar-refractivity contribution in [1.29, 1.82) is 0 Å². The molecule has 1 aliphatic rings. The highest BCUT2D eigenvalue weighted by molar-refractivity contribution is 5.56. The molecule has 0 unspecified atom stereocenters. The van der Waals surface area contributed by atoms with E-state index in [0.717, 1.165) is 48.0 Å². The number of alkyl halides is 3. The number of anilines is 1. The van der Waals surface area contributed by atoms with Crippen LogP contribution in [-0.2, 0) is 12.6 Å². The third kappa shape index (κ3) is 4.75. The van der Waals surface area contributed by atoms with Gasteiger partial charge in [0.2, 0.25) is 11.7 Å². The van der Waals surface area contributed by atoms with Gasteiger partial charge in [-0.3, -0.25) is 0 Å². The minimum Gasteiger partial charge on any atom is -0.357 e. The molecule has 1 fully saturated rings. The van der Waals surface area contributed by atoms with Crippen LogP contribution >= 0.6 is 0 Å². The first kappa shape index (κ1) is 23.0. The molecule has 0 spiro atoms. The Bertz CT molecular complexity index is 1300. The minimum atomic E-state index is -4.44. The standard InChI is InChI=1S/C24H24F3N7O/c1-15-19(16(2)34(31-15)21-9-7-18(14-29-21)24(25,26)27)12-22-30-23(32-35-22)17-6-8-20(28-13-17)33-10-4-3-5-11-33/h6-9,13-14H,3-5,10-12H2,1-2H3. The van der Waals surface area contributed by atoms with E-state index < -0.39 is 11.7 Å². The van der Waals surface area contributed by atoms with Crippen molar-refractivity contribution in [3.63, 3.8) is 0 Å². The zero-order chi connectivity index (χ0) is 24.6. The van der Waals surface area contributed by atoms with Gasteiger partial charge in [0, 0.05) is 42.3 Å². The van der Waals surface area contributed by atoms with Crippen LogP contribution in [-0.4, -0.2) is 43.0 Å². The lowest BCUT2D eigenvalue weighted by Gasteiger charge is -2.27. The van der Waals surface area contributed by atoms with Crippen LogP contribution in [0.4, 0.5) is 19.0 Å². The van der Waals surface area contributed by atoms with Gasteiger partial charge in [-0.15, -0.1) is 0 Å². The predicted molar refractivity (Wildman–Crippen MR) is 122 cm³/mol. The van der Waals surface area contributed by atoms with Crippen LogP contribution in [0, 0.1) is 13.8 Å². The molecule has 8 nitrogen and oxygen atoms in total. The molecule has 0 bridgehead atoms. The van der Waals surface area contributed by atoms with Gasteiger partial charge in [-0.1, -0.05) is 5.16 Å². The number of hydrogen-bond donors (Lipinski definition) is 0. The fraction of sp³-hybridized carbons (Fsp3) is 0.375. The van der Waals surface area contributed by atoms with Crippen LogP contribution < -0.4 is 4.90 Å². The van der Waals surface area contributed by atoms with Crippen LogP contribution in [0.25, 0.3) is 17.2 Å². The van der Waals surface area contributed by atoms with Crippen molar-refractivity contribution in [3.05, 3.63) is 65.1 Å². The quantitative estimate of drug-likeness (QED) is 0.398. The van der Waals surface area contributed by atoms with Gasteiger partial charge in [0.05, 0.1) is 17.7 Å². The Morgan fingerprint density at radius 2 is 1.69 bits per heavy atom. The molecule has 0 saturated carbocycles. The average Bonchev–Trinajstić information content (AvgIpc) is 3.44. The number of aromatic nitrogens is 6. The van der Waals surface area contributed by atoms with Crippen LogP contribution in [0.1, 0.15) is 47.7 Å². The summed E-state index contributed by atoms with van der Waals surface area (Å²) in [6.07, 6.45) is 2.09. The van der Waals surface area contributed by atoms with Crippen molar-refractivity contribution >= 4 is 5.82 Å². The zero-order valence-electron chi connectivity index (χ0n) is 19.4. The first-order chi connectivity index (χ1) is 16.8. The normalized spacial score (nSPS) is 14.5. The second-order valence-corrected chi connectivity index (χ2v) is 8.61. The van der Waals surface area contributed by atoms with Gasteiger partial charge in [0.25, 0.3) is 0 Å². The summed E-state index contributed by atoms with van der Waals surface area (Å²) in [5.41, 5.74) is 2.25. The van der Waals surface area contributed by atoms with E-state index in [-0.39, 0.29) is 0 Å². The predicted octanol–water partition coefficient (Wildman–Crippen LogP) is 4.93. The maximum absolute atomic E-state index is 12.8. The molecule has 4 aromatic heterocycles. The van der Waals surface area contributed by atoms with Gasteiger partial charge in [0.15, 0.2) is 5.82 Å². The highest BCUT2D eigenvalue weighted by Crippen LogP contribution is 2.29. The van der Waals surface area contributed by atoms with Gasteiger partial charge in [0.1, 0.15) is 5.82 Å². The molecule has 5 rings (SSSR count). The molecule has 0 atom stereocenters. The minimum absolute atomic E-state index is 0.302. The van der Waals surface area contributed by atoms with E-state index in [1.165, 1.54) is 30.0 Å². The Kier molecular flexibility index (Phi) is 6.00. The second-order valence-electron chi connectivity index (χ2n) is 8.61. The van der Waals surface area contributed by atoms with Crippen LogP contribution in [0.2, 0.25) is 0 Å². The Hall–Kier alpha value is -3.76. The summed E-state index contributed by atoms with van der Waals surface area (Å²) >= 11 is 0. The van der Waals surface area contributed by atoms with Crippen molar-refractivity contribution in [3.8, 4) is 17.2 Å². The molecule has 0 amide bonds. The van der Waals surface area contributed by atoms with E-state index in [1.807, 2.05) is 26.0 Å². The van der Waals surface area contributed by atoms with Crippen molar-refractivity contribution in [1.82, 2.24) is 29.9 Å². The molecule has 35 heavy (non-hydrogen) atoms. The highest BCUT2D eigenvalue weighted by Gasteiger charge is 2.31. The molecular formula is C24H24F3N7O. The van der Waals surface area contributed by atoms with Gasteiger partial charge < -0.3 is 9.42 Å². The van der Waals surface area contributed by atoms with Crippen molar-refractivity contribution in [2.45, 2.75) is 45.7 Å².